The van der Waals surface area contributed by atoms with E-state index in [0.717, 1.165) is 26.2 Å². The summed E-state index contributed by atoms with van der Waals surface area (Å²) in [6.07, 6.45) is 3.10. The fourth-order valence-electron chi connectivity index (χ4n) is 9.41. The summed E-state index contributed by atoms with van der Waals surface area (Å²) in [6.45, 7) is 14.6. The predicted molar refractivity (Wildman–Crippen MR) is 272 cm³/mol. The third kappa shape index (κ3) is 9.63. The number of hydrogen-bond acceptors (Lipinski definition) is 13. The first kappa shape index (κ1) is 48.6. The molecular formula is C52H60F2N10O7. The molecule has 4 N–H and O–H groups in total. The summed E-state index contributed by atoms with van der Waals surface area (Å²) in [5.41, 5.74) is 13.9. The topological polar surface area (TPSA) is 167 Å². The largest absolute Gasteiger partial charge is 0.497 e. The van der Waals surface area contributed by atoms with Crippen LogP contribution in [-0.4, -0.2) is 118 Å². The Kier molecular flexibility index (Phi) is 13.8. The van der Waals surface area contributed by atoms with Crippen LogP contribution in [0.2, 0.25) is 0 Å². The van der Waals surface area contributed by atoms with Gasteiger partial charge in [0.2, 0.25) is 10.9 Å². The van der Waals surface area contributed by atoms with Gasteiger partial charge in [-0.05, 0) is 88.0 Å². The summed E-state index contributed by atoms with van der Waals surface area (Å²) in [5.74, 6) is -0.411. The predicted octanol–water partition coefficient (Wildman–Crippen LogP) is 6.34. The highest BCUT2D eigenvalue weighted by molar-refractivity contribution is 6.01. The number of amides is 2. The molecule has 2 saturated heterocycles. The molecule has 374 valence electrons. The number of carbonyl (C=O) groups is 2. The molecule has 4 aliphatic rings. The summed E-state index contributed by atoms with van der Waals surface area (Å²) in [7, 11) is 5.64. The van der Waals surface area contributed by atoms with Gasteiger partial charge in [0.25, 0.3) is 11.8 Å². The number of anilines is 4. The van der Waals surface area contributed by atoms with Crippen molar-refractivity contribution in [3.63, 3.8) is 0 Å². The summed E-state index contributed by atoms with van der Waals surface area (Å²) in [5, 5.41) is 0.264. The van der Waals surface area contributed by atoms with E-state index in [4.69, 9.17) is 14.2 Å². The second-order valence-corrected chi connectivity index (χ2v) is 19.0. The number of rotatable bonds is 10. The summed E-state index contributed by atoms with van der Waals surface area (Å²) in [4.78, 5) is 61.1. The molecule has 2 unspecified atom stereocenters. The number of piperazine rings is 2. The molecule has 4 aliphatic heterocycles. The van der Waals surface area contributed by atoms with Gasteiger partial charge < -0.3 is 42.9 Å². The lowest BCUT2D eigenvalue weighted by molar-refractivity contribution is 0.0952. The number of halogens is 2. The lowest BCUT2D eigenvalue weighted by atomic mass is 10.0. The van der Waals surface area contributed by atoms with Gasteiger partial charge in [0.15, 0.2) is 23.1 Å². The molecule has 6 heterocycles. The lowest BCUT2D eigenvalue weighted by Crippen LogP contribution is -2.45. The van der Waals surface area contributed by atoms with Crippen LogP contribution in [0.15, 0.2) is 82.6 Å². The number of nitrogens with one attached hydrogen (secondary N) is 4. The van der Waals surface area contributed by atoms with E-state index in [1.165, 1.54) is 23.9 Å². The molecule has 6 aromatic rings. The number of likely N-dealkylation sites (N-methyl/N-ethyl adjacent to an activating group) is 2. The van der Waals surface area contributed by atoms with Crippen LogP contribution in [0, 0.1) is 11.6 Å². The maximum absolute atomic E-state index is 15.5. The first-order valence-electron chi connectivity index (χ1n) is 23.9. The highest BCUT2D eigenvalue weighted by Crippen LogP contribution is 2.43. The van der Waals surface area contributed by atoms with Crippen molar-refractivity contribution >= 4 is 56.4 Å². The van der Waals surface area contributed by atoms with E-state index in [0.29, 0.717) is 96.3 Å². The Morgan fingerprint density at radius 1 is 0.634 bits per heavy atom. The molecule has 0 spiro atoms. The number of pyridine rings is 2. The fraction of sp³-hybridized carbons (Fsp3) is 0.385. The molecule has 0 aliphatic carbocycles. The molecule has 0 radical (unpaired) electrons. The van der Waals surface area contributed by atoms with Gasteiger partial charge in [0.1, 0.15) is 41.5 Å². The van der Waals surface area contributed by atoms with E-state index >= 15 is 8.78 Å². The number of ether oxygens (including phenoxy) is 3. The second-order valence-electron chi connectivity index (χ2n) is 19.0. The number of methoxy groups -OCH3 is 1. The Morgan fingerprint density at radius 2 is 1.03 bits per heavy atom. The van der Waals surface area contributed by atoms with Crippen LogP contribution < -0.4 is 56.6 Å². The summed E-state index contributed by atoms with van der Waals surface area (Å²) >= 11 is 0. The second kappa shape index (κ2) is 20.2. The average molecular weight is 975 g/mol. The van der Waals surface area contributed by atoms with Gasteiger partial charge in [-0.15, -0.1) is 0 Å². The van der Waals surface area contributed by atoms with Gasteiger partial charge in [-0.1, -0.05) is 26.0 Å². The number of benzene rings is 4. The molecule has 0 bridgehead atoms. The van der Waals surface area contributed by atoms with Crippen molar-refractivity contribution in [2.75, 3.05) is 107 Å². The van der Waals surface area contributed by atoms with Crippen LogP contribution in [0.1, 0.15) is 72.0 Å². The first-order valence-corrected chi connectivity index (χ1v) is 23.9. The van der Waals surface area contributed by atoms with E-state index in [1.807, 2.05) is 71.1 Å². The SMILES string of the molecule is CC(C)c1ccc(NNC(=O)c2cn3c4c(c(N5CCN(C)CC5)c(F)cc4c2=O)OCC3C)cc1.COc1ccc(NNC(=O)c2cn3c4c(c(N5CCN(C)CC5)c(F)cc4c2=O)OCC3C)cc1. The molecule has 71 heavy (non-hydrogen) atoms. The fourth-order valence-corrected chi connectivity index (χ4v) is 9.41. The van der Waals surface area contributed by atoms with E-state index in [1.54, 1.807) is 37.6 Å². The van der Waals surface area contributed by atoms with Crippen LogP contribution in [0.4, 0.5) is 31.5 Å². The summed E-state index contributed by atoms with van der Waals surface area (Å²) < 4.78 is 51.8. The third-order valence-corrected chi connectivity index (χ3v) is 13.7. The van der Waals surface area contributed by atoms with Crippen molar-refractivity contribution in [1.82, 2.24) is 29.8 Å². The van der Waals surface area contributed by atoms with Crippen molar-refractivity contribution in [2.45, 2.75) is 45.7 Å². The van der Waals surface area contributed by atoms with Crippen molar-refractivity contribution in [3.8, 4) is 17.2 Å². The number of hydrogen-bond donors (Lipinski definition) is 4. The highest BCUT2D eigenvalue weighted by Gasteiger charge is 2.33. The van der Waals surface area contributed by atoms with Crippen LogP contribution in [0.5, 0.6) is 17.2 Å². The number of nitrogens with zero attached hydrogens (tertiary/aromatic N) is 6. The molecule has 4 aromatic carbocycles. The van der Waals surface area contributed by atoms with Crippen molar-refractivity contribution in [3.05, 3.63) is 122 Å². The Morgan fingerprint density at radius 3 is 1.41 bits per heavy atom. The van der Waals surface area contributed by atoms with E-state index in [-0.39, 0.29) is 34.0 Å². The van der Waals surface area contributed by atoms with Gasteiger partial charge >= 0.3 is 0 Å². The molecule has 2 aromatic heterocycles. The minimum Gasteiger partial charge on any atom is -0.497 e. The van der Waals surface area contributed by atoms with E-state index in [9.17, 15) is 19.2 Å². The molecule has 2 atom stereocenters. The molecular weight excluding hydrogens is 915 g/mol. The zero-order chi connectivity index (χ0) is 50.2. The van der Waals surface area contributed by atoms with E-state index in [2.05, 4.69) is 45.4 Å². The molecule has 2 fully saturated rings. The van der Waals surface area contributed by atoms with Gasteiger partial charge in [0.05, 0.1) is 52.4 Å². The Balaban J connectivity index is 0.000000176. The van der Waals surface area contributed by atoms with Crippen LogP contribution in [0.25, 0.3) is 21.8 Å². The monoisotopic (exact) mass is 974 g/mol. The third-order valence-electron chi connectivity index (χ3n) is 13.7. The molecule has 19 heteroatoms. The Hall–Kier alpha value is -7.38. The average Bonchev–Trinajstić information content (AvgIpc) is 3.37. The van der Waals surface area contributed by atoms with E-state index < -0.39 is 34.3 Å². The first-order chi connectivity index (χ1) is 34.1. The summed E-state index contributed by atoms with van der Waals surface area (Å²) in [6, 6.07) is 16.9. The van der Waals surface area contributed by atoms with Gasteiger partial charge in [0, 0.05) is 64.8 Å². The molecule has 2 amide bonds. The van der Waals surface area contributed by atoms with Crippen LogP contribution >= 0.6 is 0 Å². The van der Waals surface area contributed by atoms with Gasteiger partial charge in [-0.25, -0.2) is 8.78 Å². The number of aromatic nitrogens is 2. The maximum Gasteiger partial charge on any atom is 0.275 e. The quantitative estimate of drug-likeness (QED) is 0.113. The maximum atomic E-state index is 15.5. The van der Waals surface area contributed by atoms with Crippen molar-refractivity contribution in [2.24, 2.45) is 0 Å². The van der Waals surface area contributed by atoms with Crippen molar-refractivity contribution < 1.29 is 32.6 Å². The number of carbonyl (C=O) groups excluding carboxylic acids is 2. The van der Waals surface area contributed by atoms with Gasteiger partial charge in [-0.2, -0.15) is 0 Å². The minimum absolute atomic E-state index is 0.0553. The molecule has 10 rings (SSSR count). The minimum atomic E-state index is -0.611. The number of hydrazine groups is 2. The van der Waals surface area contributed by atoms with Gasteiger partial charge in [-0.3, -0.25) is 40.9 Å². The van der Waals surface area contributed by atoms with Crippen LogP contribution in [-0.2, 0) is 0 Å². The molecule has 0 saturated carbocycles. The molecule has 17 nitrogen and oxygen atoms in total. The Labute approximate surface area is 409 Å². The highest BCUT2D eigenvalue weighted by atomic mass is 19.1. The smallest absolute Gasteiger partial charge is 0.275 e. The van der Waals surface area contributed by atoms with Crippen molar-refractivity contribution in [1.29, 1.82) is 0 Å². The zero-order valence-corrected chi connectivity index (χ0v) is 41.0. The lowest BCUT2D eigenvalue weighted by Gasteiger charge is -2.37. The normalized spacial score (nSPS) is 17.8. The van der Waals surface area contributed by atoms with Crippen LogP contribution in [0.3, 0.4) is 0 Å². The zero-order valence-electron chi connectivity index (χ0n) is 41.0. The standard InChI is InChI=1S/C27H32FN5O3.C25H28FN5O4/c1-16(2)18-5-7-19(8-6-18)29-30-27(35)21-14-33-17(3)15-36-26-23(33)20(25(21)34)13-22(28)24(26)32-11-9-31(4)10-12-32;1-15-14-35-24-21-18(12-20(26)22(24)30-10-8-29(2)9-11-30)23(32)19(13-31(15)21)25(33)28-27-16-4-6-17(34-3)7-5-16/h5-8,13-14,16-17,29H,9-12,15H2,1-4H3,(H,30,35);4-7,12-13,15,27H,8-11,14H2,1-3H3,(H,28,33). The Bertz CT molecular complexity index is 3110.